The van der Waals surface area contributed by atoms with Crippen LogP contribution in [0.2, 0.25) is 0 Å². The third-order valence-electron chi connectivity index (χ3n) is 5.26. The highest BCUT2D eigenvalue weighted by atomic mass is 16.7. The summed E-state index contributed by atoms with van der Waals surface area (Å²) >= 11 is 0. The number of aliphatic hydroxyl groups is 1. The van der Waals surface area contributed by atoms with E-state index in [9.17, 15) is 9.90 Å². The van der Waals surface area contributed by atoms with Crippen molar-refractivity contribution in [3.8, 4) is 0 Å². The molecule has 2 saturated heterocycles. The summed E-state index contributed by atoms with van der Waals surface area (Å²) in [5.41, 5.74) is -1.15. The van der Waals surface area contributed by atoms with E-state index in [1.54, 1.807) is 13.0 Å². The SMILES string of the molecule is C=CCCC[C@]1(O)O[C@@H](C)[C@]2(c3ccccc3)OC(=O)[C@]12C. The van der Waals surface area contributed by atoms with Gasteiger partial charge in [0.05, 0.1) is 0 Å². The number of hydrogen-bond donors (Lipinski definition) is 1. The van der Waals surface area contributed by atoms with Crippen LogP contribution in [0.3, 0.4) is 0 Å². The van der Waals surface area contributed by atoms with E-state index in [0.29, 0.717) is 12.8 Å². The van der Waals surface area contributed by atoms with Crippen molar-refractivity contribution in [1.82, 2.24) is 0 Å². The van der Waals surface area contributed by atoms with Gasteiger partial charge in [-0.25, -0.2) is 0 Å². The zero-order valence-electron chi connectivity index (χ0n) is 13.0. The summed E-state index contributed by atoms with van der Waals surface area (Å²) in [6.45, 7) is 7.29. The maximum absolute atomic E-state index is 12.3. The van der Waals surface area contributed by atoms with Gasteiger partial charge in [0.15, 0.2) is 16.8 Å². The molecule has 1 N–H and O–H groups in total. The molecule has 4 nitrogen and oxygen atoms in total. The average Bonchev–Trinajstić information content (AvgIpc) is 2.64. The number of ether oxygens (including phenoxy) is 2. The Labute approximate surface area is 130 Å². The van der Waals surface area contributed by atoms with Gasteiger partial charge in [-0.05, 0) is 32.3 Å². The molecule has 4 atom stereocenters. The van der Waals surface area contributed by atoms with Crippen molar-refractivity contribution in [2.75, 3.05) is 0 Å². The molecule has 118 valence electrons. The fourth-order valence-corrected chi connectivity index (χ4v) is 3.95. The van der Waals surface area contributed by atoms with Crippen LogP contribution < -0.4 is 0 Å². The van der Waals surface area contributed by atoms with E-state index in [1.165, 1.54) is 0 Å². The van der Waals surface area contributed by atoms with E-state index in [2.05, 4.69) is 6.58 Å². The number of benzene rings is 1. The summed E-state index contributed by atoms with van der Waals surface area (Å²) in [6.07, 6.45) is 3.24. The number of carbonyl (C=O) groups is 1. The van der Waals surface area contributed by atoms with Crippen LogP contribution in [-0.2, 0) is 19.9 Å². The normalized spacial score (nSPS) is 39.8. The lowest BCUT2D eigenvalue weighted by Gasteiger charge is -2.54. The van der Waals surface area contributed by atoms with Crippen molar-refractivity contribution in [2.45, 2.75) is 50.6 Å². The minimum Gasteiger partial charge on any atom is -0.449 e. The molecule has 2 heterocycles. The van der Waals surface area contributed by atoms with Crippen molar-refractivity contribution in [2.24, 2.45) is 5.41 Å². The molecular weight excluding hydrogens is 280 g/mol. The van der Waals surface area contributed by atoms with Gasteiger partial charge in [0.2, 0.25) is 0 Å². The molecule has 1 aromatic carbocycles. The molecule has 2 aliphatic heterocycles. The Morgan fingerprint density at radius 2 is 2.05 bits per heavy atom. The summed E-state index contributed by atoms with van der Waals surface area (Å²) < 4.78 is 11.5. The van der Waals surface area contributed by atoms with Crippen LogP contribution in [0.25, 0.3) is 0 Å². The number of rotatable bonds is 5. The molecule has 0 bridgehead atoms. The molecule has 0 unspecified atom stereocenters. The summed E-state index contributed by atoms with van der Waals surface area (Å²) in [5.74, 6) is -1.91. The number of fused-ring (bicyclic) bond motifs is 1. The van der Waals surface area contributed by atoms with Gasteiger partial charge < -0.3 is 14.6 Å². The second kappa shape index (κ2) is 4.93. The topological polar surface area (TPSA) is 55.8 Å². The van der Waals surface area contributed by atoms with E-state index in [-0.39, 0.29) is 0 Å². The van der Waals surface area contributed by atoms with Crippen LogP contribution in [0.4, 0.5) is 0 Å². The fraction of sp³-hybridized carbons (Fsp3) is 0.500. The van der Waals surface area contributed by atoms with Crippen LogP contribution >= 0.6 is 0 Å². The molecule has 0 amide bonds. The molecular formula is C18H22O4. The third-order valence-corrected chi connectivity index (χ3v) is 5.26. The van der Waals surface area contributed by atoms with Crippen molar-refractivity contribution < 1.29 is 19.4 Å². The van der Waals surface area contributed by atoms with Crippen LogP contribution in [0, 0.1) is 5.41 Å². The molecule has 0 radical (unpaired) electrons. The minimum atomic E-state index is -1.51. The molecule has 22 heavy (non-hydrogen) atoms. The first-order valence-corrected chi connectivity index (χ1v) is 7.72. The largest absolute Gasteiger partial charge is 0.449 e. The predicted molar refractivity (Wildman–Crippen MR) is 81.9 cm³/mol. The molecule has 0 aromatic heterocycles. The van der Waals surface area contributed by atoms with Crippen molar-refractivity contribution in [3.05, 3.63) is 48.6 Å². The molecule has 1 aromatic rings. The molecule has 3 rings (SSSR count). The van der Waals surface area contributed by atoms with Crippen molar-refractivity contribution in [3.63, 3.8) is 0 Å². The van der Waals surface area contributed by atoms with Gasteiger partial charge in [0.25, 0.3) is 0 Å². The summed E-state index contributed by atoms with van der Waals surface area (Å²) in [5, 5.41) is 11.1. The molecule has 2 fully saturated rings. The highest BCUT2D eigenvalue weighted by Crippen LogP contribution is 2.67. The zero-order valence-corrected chi connectivity index (χ0v) is 13.0. The molecule has 4 heteroatoms. The van der Waals surface area contributed by atoms with Gasteiger partial charge in [-0.1, -0.05) is 36.4 Å². The second-order valence-electron chi connectivity index (χ2n) is 6.34. The van der Waals surface area contributed by atoms with Crippen LogP contribution in [0.5, 0.6) is 0 Å². The Morgan fingerprint density at radius 1 is 1.36 bits per heavy atom. The summed E-state index contributed by atoms with van der Waals surface area (Å²) in [7, 11) is 0. The highest BCUT2D eigenvalue weighted by Gasteiger charge is 2.83. The summed E-state index contributed by atoms with van der Waals surface area (Å²) in [6, 6.07) is 9.55. The predicted octanol–water partition coefficient (Wildman–Crippen LogP) is 2.91. The van der Waals surface area contributed by atoms with Gasteiger partial charge in [0.1, 0.15) is 6.10 Å². The average molecular weight is 302 g/mol. The molecule has 0 aliphatic carbocycles. The van der Waals surface area contributed by atoms with E-state index in [1.807, 2.05) is 37.3 Å². The monoisotopic (exact) mass is 302 g/mol. The highest BCUT2D eigenvalue weighted by molar-refractivity contribution is 5.87. The van der Waals surface area contributed by atoms with Gasteiger partial charge in [-0.15, -0.1) is 6.58 Å². The Bertz CT molecular complexity index is 598. The fourth-order valence-electron chi connectivity index (χ4n) is 3.95. The zero-order chi connectivity index (χ0) is 16.0. The first-order chi connectivity index (χ1) is 10.4. The van der Waals surface area contributed by atoms with Crippen LogP contribution in [0.1, 0.15) is 38.7 Å². The Hall–Kier alpha value is -1.65. The number of hydrogen-bond acceptors (Lipinski definition) is 4. The lowest BCUT2D eigenvalue weighted by Crippen LogP contribution is -2.69. The quantitative estimate of drug-likeness (QED) is 0.516. The summed E-state index contributed by atoms with van der Waals surface area (Å²) in [4.78, 5) is 12.3. The number of carbonyl (C=O) groups excluding carboxylic acids is 1. The van der Waals surface area contributed by atoms with E-state index in [4.69, 9.17) is 9.47 Å². The first-order valence-electron chi connectivity index (χ1n) is 7.72. The first kappa shape index (κ1) is 15.3. The van der Waals surface area contributed by atoms with Crippen molar-refractivity contribution >= 4 is 5.97 Å². The maximum Gasteiger partial charge on any atom is 0.322 e. The molecule has 2 aliphatic rings. The Morgan fingerprint density at radius 3 is 2.64 bits per heavy atom. The number of esters is 1. The van der Waals surface area contributed by atoms with Gasteiger partial charge in [0, 0.05) is 6.42 Å². The van der Waals surface area contributed by atoms with Gasteiger partial charge in [-0.2, -0.15) is 0 Å². The third kappa shape index (κ3) is 1.62. The maximum atomic E-state index is 12.3. The van der Waals surface area contributed by atoms with Gasteiger partial charge in [-0.3, -0.25) is 4.79 Å². The second-order valence-corrected chi connectivity index (χ2v) is 6.34. The standard InChI is InChI=1S/C18H22O4/c1-4-5-9-12-17(20)16(3)15(19)22-18(16,13(2)21-17)14-10-7-6-8-11-14/h4,6-8,10-11,13,20H,1,5,9,12H2,2-3H3/t13-,16+,17-,18+/m0/s1. The lowest BCUT2D eigenvalue weighted by atomic mass is 9.59. The number of allylic oxidation sites excluding steroid dienone is 1. The molecule has 0 spiro atoms. The van der Waals surface area contributed by atoms with Gasteiger partial charge >= 0.3 is 5.97 Å². The van der Waals surface area contributed by atoms with E-state index in [0.717, 1.165) is 12.0 Å². The van der Waals surface area contributed by atoms with Crippen LogP contribution in [0.15, 0.2) is 43.0 Å². The molecule has 0 saturated carbocycles. The van der Waals surface area contributed by atoms with E-state index < -0.39 is 28.9 Å². The minimum absolute atomic E-state index is 0.379. The number of unbranched alkanes of at least 4 members (excludes halogenated alkanes) is 1. The Balaban J connectivity index is 2.03. The smallest absolute Gasteiger partial charge is 0.322 e. The van der Waals surface area contributed by atoms with E-state index >= 15 is 0 Å². The lowest BCUT2D eigenvalue weighted by molar-refractivity contribution is -0.283. The Kier molecular flexibility index (Phi) is 3.42. The van der Waals surface area contributed by atoms with Crippen LogP contribution in [-0.4, -0.2) is 23.0 Å². The van der Waals surface area contributed by atoms with Crippen molar-refractivity contribution in [1.29, 1.82) is 0 Å².